The summed E-state index contributed by atoms with van der Waals surface area (Å²) in [6.45, 7) is 8.15. The standard InChI is InChI=1S/C19H24FN3O3S/c1-13(2)23-18-5-4-16(20)10-17(18)21-19(23)14(3)22(12-24)11-15-6-8-27(25,26)9-7-15/h4-5,10,12,14-15H,1,6-9,11H2,2-3H3. The Kier molecular flexibility index (Phi) is 5.37. The minimum absolute atomic E-state index is 0.140. The molecule has 2 aromatic rings. The third-order valence-corrected chi connectivity index (χ3v) is 6.89. The Labute approximate surface area is 158 Å². The smallest absolute Gasteiger partial charge is 0.210 e. The summed E-state index contributed by atoms with van der Waals surface area (Å²) in [5.74, 6) is 0.716. The lowest BCUT2D eigenvalue weighted by Gasteiger charge is -2.31. The molecule has 1 aliphatic rings. The summed E-state index contributed by atoms with van der Waals surface area (Å²) < 4.78 is 38.7. The molecule has 1 unspecified atom stereocenters. The van der Waals surface area contributed by atoms with Crippen LogP contribution in [0.2, 0.25) is 0 Å². The topological polar surface area (TPSA) is 72.3 Å². The van der Waals surface area contributed by atoms with Crippen molar-refractivity contribution in [1.82, 2.24) is 14.5 Å². The Bertz CT molecular complexity index is 969. The van der Waals surface area contributed by atoms with E-state index >= 15 is 0 Å². The van der Waals surface area contributed by atoms with Gasteiger partial charge in [-0.3, -0.25) is 9.36 Å². The molecule has 0 radical (unpaired) electrons. The molecule has 3 rings (SSSR count). The first-order valence-corrected chi connectivity index (χ1v) is 10.8. The van der Waals surface area contributed by atoms with E-state index in [0.717, 1.165) is 17.6 Å². The van der Waals surface area contributed by atoms with E-state index in [4.69, 9.17) is 0 Å². The molecule has 6 nitrogen and oxygen atoms in total. The fourth-order valence-corrected chi connectivity index (χ4v) is 5.20. The third kappa shape index (κ3) is 4.05. The van der Waals surface area contributed by atoms with E-state index in [1.807, 2.05) is 18.4 Å². The van der Waals surface area contributed by atoms with Crippen LogP contribution in [0.25, 0.3) is 16.7 Å². The van der Waals surface area contributed by atoms with Gasteiger partial charge in [-0.25, -0.2) is 17.8 Å². The zero-order chi connectivity index (χ0) is 19.8. The van der Waals surface area contributed by atoms with Crippen LogP contribution in [-0.4, -0.2) is 47.3 Å². The molecule has 0 spiro atoms. The number of nitrogens with zero attached hydrogens (tertiary/aromatic N) is 3. The second kappa shape index (κ2) is 7.42. The SMILES string of the molecule is C=C(C)n1c(C(C)N(C=O)CC2CCS(=O)(=O)CC2)nc2cc(F)ccc21. The van der Waals surface area contributed by atoms with E-state index < -0.39 is 9.84 Å². The van der Waals surface area contributed by atoms with Gasteiger partial charge in [0, 0.05) is 18.3 Å². The number of hydrogen-bond acceptors (Lipinski definition) is 4. The highest BCUT2D eigenvalue weighted by molar-refractivity contribution is 7.91. The molecule has 1 saturated heterocycles. The molecule has 0 bridgehead atoms. The van der Waals surface area contributed by atoms with E-state index in [1.54, 1.807) is 11.0 Å². The van der Waals surface area contributed by atoms with Crippen molar-refractivity contribution in [1.29, 1.82) is 0 Å². The fraction of sp³-hybridized carbons (Fsp3) is 0.474. The van der Waals surface area contributed by atoms with Crippen LogP contribution in [0.1, 0.15) is 38.6 Å². The van der Waals surface area contributed by atoms with E-state index in [0.29, 0.717) is 30.7 Å². The summed E-state index contributed by atoms with van der Waals surface area (Å²) >= 11 is 0. The van der Waals surface area contributed by atoms with Gasteiger partial charge in [0.25, 0.3) is 0 Å². The predicted molar refractivity (Wildman–Crippen MR) is 103 cm³/mol. The van der Waals surface area contributed by atoms with Crippen LogP contribution in [0.15, 0.2) is 24.8 Å². The number of carbonyl (C=O) groups is 1. The predicted octanol–water partition coefficient (Wildman–Crippen LogP) is 3.01. The third-order valence-electron chi connectivity index (χ3n) is 5.17. The number of allylic oxidation sites excluding steroid dienone is 1. The molecule has 0 saturated carbocycles. The summed E-state index contributed by atoms with van der Waals surface area (Å²) in [4.78, 5) is 17.9. The number of halogens is 1. The van der Waals surface area contributed by atoms with Crippen LogP contribution >= 0.6 is 0 Å². The first kappa shape index (κ1) is 19.5. The maximum Gasteiger partial charge on any atom is 0.210 e. The van der Waals surface area contributed by atoms with Crippen LogP contribution in [0.5, 0.6) is 0 Å². The lowest BCUT2D eigenvalue weighted by Crippen LogP contribution is -2.36. The van der Waals surface area contributed by atoms with Gasteiger partial charge in [-0.05, 0) is 44.7 Å². The first-order chi connectivity index (χ1) is 12.7. The Balaban J connectivity index is 1.89. The highest BCUT2D eigenvalue weighted by Gasteiger charge is 2.28. The summed E-state index contributed by atoms with van der Waals surface area (Å²) in [7, 11) is -2.94. The molecule has 27 heavy (non-hydrogen) atoms. The first-order valence-electron chi connectivity index (χ1n) is 8.97. The Morgan fingerprint density at radius 3 is 2.70 bits per heavy atom. The van der Waals surface area contributed by atoms with E-state index in [1.165, 1.54) is 12.1 Å². The van der Waals surface area contributed by atoms with Crippen molar-refractivity contribution in [3.05, 3.63) is 36.4 Å². The number of sulfone groups is 1. The van der Waals surface area contributed by atoms with E-state index in [2.05, 4.69) is 11.6 Å². The van der Waals surface area contributed by atoms with Gasteiger partial charge in [-0.2, -0.15) is 0 Å². The van der Waals surface area contributed by atoms with Crippen molar-refractivity contribution >= 4 is 33.0 Å². The van der Waals surface area contributed by atoms with Crippen LogP contribution in [0.3, 0.4) is 0 Å². The second-order valence-electron chi connectivity index (χ2n) is 7.25. The van der Waals surface area contributed by atoms with E-state index in [9.17, 15) is 17.6 Å². The monoisotopic (exact) mass is 393 g/mol. The van der Waals surface area contributed by atoms with Gasteiger partial charge < -0.3 is 4.90 Å². The maximum absolute atomic E-state index is 13.6. The van der Waals surface area contributed by atoms with Crippen molar-refractivity contribution < 1.29 is 17.6 Å². The molecule has 1 fully saturated rings. The highest BCUT2D eigenvalue weighted by Crippen LogP contribution is 2.29. The molecule has 1 amide bonds. The van der Waals surface area contributed by atoms with Gasteiger partial charge in [0.2, 0.25) is 6.41 Å². The van der Waals surface area contributed by atoms with Crippen molar-refractivity contribution in [2.75, 3.05) is 18.1 Å². The lowest BCUT2D eigenvalue weighted by atomic mass is 10.0. The van der Waals surface area contributed by atoms with Gasteiger partial charge in [0.15, 0.2) is 0 Å². The second-order valence-corrected chi connectivity index (χ2v) is 9.55. The molecule has 1 aromatic heterocycles. The highest BCUT2D eigenvalue weighted by atomic mass is 32.2. The van der Waals surface area contributed by atoms with Crippen molar-refractivity contribution in [3.63, 3.8) is 0 Å². The summed E-state index contributed by atoms with van der Waals surface area (Å²) in [5.41, 5.74) is 1.97. The molecular weight excluding hydrogens is 369 g/mol. The molecular formula is C19H24FN3O3S. The Morgan fingerprint density at radius 2 is 2.11 bits per heavy atom. The number of carbonyl (C=O) groups excluding carboxylic acids is 1. The summed E-state index contributed by atoms with van der Waals surface area (Å²) in [5, 5.41) is 0. The van der Waals surface area contributed by atoms with Crippen LogP contribution < -0.4 is 0 Å². The van der Waals surface area contributed by atoms with Crippen LogP contribution in [0.4, 0.5) is 4.39 Å². The Hall–Kier alpha value is -2.22. The molecule has 0 aliphatic carbocycles. The van der Waals surface area contributed by atoms with Gasteiger partial charge in [-0.15, -0.1) is 0 Å². The fourth-order valence-electron chi connectivity index (χ4n) is 3.61. The van der Waals surface area contributed by atoms with Gasteiger partial charge in [0.1, 0.15) is 21.5 Å². The number of amides is 1. The average molecular weight is 393 g/mol. The normalized spacial score (nSPS) is 18.3. The van der Waals surface area contributed by atoms with Gasteiger partial charge >= 0.3 is 0 Å². The zero-order valence-electron chi connectivity index (χ0n) is 15.6. The molecule has 1 aromatic carbocycles. The maximum atomic E-state index is 13.6. The van der Waals surface area contributed by atoms with Crippen LogP contribution in [0, 0.1) is 11.7 Å². The molecule has 1 aliphatic heterocycles. The van der Waals surface area contributed by atoms with Gasteiger partial charge in [-0.1, -0.05) is 6.58 Å². The van der Waals surface area contributed by atoms with Gasteiger partial charge in [0.05, 0.1) is 28.6 Å². The zero-order valence-corrected chi connectivity index (χ0v) is 16.4. The van der Waals surface area contributed by atoms with Crippen molar-refractivity contribution in [2.24, 2.45) is 5.92 Å². The summed E-state index contributed by atoms with van der Waals surface area (Å²) in [6.07, 6.45) is 1.89. The number of aromatic nitrogens is 2. The molecule has 0 N–H and O–H groups in total. The lowest BCUT2D eigenvalue weighted by molar-refractivity contribution is -0.120. The molecule has 146 valence electrons. The minimum atomic E-state index is -2.94. The van der Waals surface area contributed by atoms with Crippen LogP contribution in [-0.2, 0) is 14.6 Å². The molecule has 8 heteroatoms. The number of rotatable bonds is 6. The largest absolute Gasteiger partial charge is 0.335 e. The average Bonchev–Trinajstić information content (AvgIpc) is 2.99. The quantitative estimate of drug-likeness (QED) is 0.707. The number of hydrogen-bond donors (Lipinski definition) is 0. The molecule has 2 heterocycles. The van der Waals surface area contributed by atoms with Crippen molar-refractivity contribution in [3.8, 4) is 0 Å². The minimum Gasteiger partial charge on any atom is -0.335 e. The summed E-state index contributed by atoms with van der Waals surface area (Å²) in [6, 6.07) is 4.04. The van der Waals surface area contributed by atoms with Crippen molar-refractivity contribution in [2.45, 2.75) is 32.7 Å². The van der Waals surface area contributed by atoms with E-state index in [-0.39, 0.29) is 29.3 Å². The number of imidazole rings is 1. The molecule has 1 atom stereocenters. The number of benzene rings is 1. The number of fused-ring (bicyclic) bond motifs is 1. The Morgan fingerprint density at radius 1 is 1.44 bits per heavy atom.